The van der Waals surface area contributed by atoms with Crippen molar-refractivity contribution in [1.29, 1.82) is 0 Å². The molecule has 3 rings (SSSR count). The summed E-state index contributed by atoms with van der Waals surface area (Å²) in [5.74, 6) is 1.53. The van der Waals surface area contributed by atoms with Crippen LogP contribution in [0.5, 0.6) is 5.75 Å². The molecule has 0 unspecified atom stereocenters. The molecule has 6 heteroatoms. The van der Waals surface area contributed by atoms with E-state index in [0.29, 0.717) is 23.9 Å². The fourth-order valence-corrected chi connectivity index (χ4v) is 2.89. The van der Waals surface area contributed by atoms with Gasteiger partial charge in [-0.2, -0.15) is 4.98 Å². The fourth-order valence-electron chi connectivity index (χ4n) is 2.89. The van der Waals surface area contributed by atoms with Crippen molar-refractivity contribution in [2.75, 3.05) is 7.11 Å². The van der Waals surface area contributed by atoms with Crippen LogP contribution in [0, 0.1) is 0 Å². The molecule has 0 aliphatic heterocycles. The van der Waals surface area contributed by atoms with Crippen molar-refractivity contribution >= 4 is 5.91 Å². The quantitative estimate of drug-likeness (QED) is 0.681. The summed E-state index contributed by atoms with van der Waals surface area (Å²) in [6.45, 7) is 3.86. The Hall–Kier alpha value is -3.15. The van der Waals surface area contributed by atoms with Crippen molar-refractivity contribution in [3.63, 3.8) is 0 Å². The smallest absolute Gasteiger partial charge is 0.249 e. The second-order valence-electron chi connectivity index (χ2n) is 6.46. The van der Waals surface area contributed by atoms with Gasteiger partial charge in [0.2, 0.25) is 17.6 Å². The number of amides is 1. The molecule has 140 valence electrons. The number of carbonyl (C=O) groups excluding carboxylic acids is 1. The molecule has 3 aromatic rings. The third-order valence-corrected chi connectivity index (χ3v) is 4.40. The van der Waals surface area contributed by atoms with Gasteiger partial charge in [-0.1, -0.05) is 54.5 Å². The van der Waals surface area contributed by atoms with E-state index in [4.69, 9.17) is 9.26 Å². The highest BCUT2D eigenvalue weighted by Gasteiger charge is 2.20. The highest BCUT2D eigenvalue weighted by Crippen LogP contribution is 2.28. The topological polar surface area (TPSA) is 77.3 Å². The first-order valence-corrected chi connectivity index (χ1v) is 8.89. The minimum atomic E-state index is -0.378. The van der Waals surface area contributed by atoms with Crippen molar-refractivity contribution in [2.24, 2.45) is 0 Å². The van der Waals surface area contributed by atoms with E-state index >= 15 is 0 Å². The van der Waals surface area contributed by atoms with Gasteiger partial charge in [-0.05, 0) is 30.5 Å². The number of nitrogens with zero attached hydrogens (tertiary/aromatic N) is 2. The van der Waals surface area contributed by atoms with E-state index < -0.39 is 0 Å². The summed E-state index contributed by atoms with van der Waals surface area (Å²) in [7, 11) is 1.59. The third-order valence-electron chi connectivity index (χ3n) is 4.40. The van der Waals surface area contributed by atoms with Crippen molar-refractivity contribution in [3.05, 3.63) is 66.1 Å². The van der Waals surface area contributed by atoms with Gasteiger partial charge in [-0.15, -0.1) is 0 Å². The second kappa shape index (κ2) is 8.49. The fraction of sp³-hybridized carbons (Fsp3) is 0.286. The van der Waals surface area contributed by atoms with Crippen molar-refractivity contribution < 1.29 is 14.1 Å². The number of methoxy groups -OCH3 is 1. The molecule has 1 heterocycles. The van der Waals surface area contributed by atoms with Gasteiger partial charge in [-0.3, -0.25) is 4.79 Å². The number of nitrogens with one attached hydrogen (secondary N) is 1. The predicted octanol–water partition coefficient (Wildman–Crippen LogP) is 4.12. The molecule has 0 bridgehead atoms. The van der Waals surface area contributed by atoms with Crippen LogP contribution in [-0.2, 0) is 4.79 Å². The maximum atomic E-state index is 12.4. The van der Waals surface area contributed by atoms with Gasteiger partial charge in [-0.25, -0.2) is 0 Å². The van der Waals surface area contributed by atoms with E-state index in [-0.39, 0.29) is 17.9 Å². The molecule has 1 aromatic heterocycles. The van der Waals surface area contributed by atoms with Gasteiger partial charge in [0.15, 0.2) is 0 Å². The average molecular weight is 365 g/mol. The van der Waals surface area contributed by atoms with Crippen LogP contribution in [0.4, 0.5) is 0 Å². The Labute approximate surface area is 158 Å². The Morgan fingerprint density at radius 2 is 1.81 bits per heavy atom. The van der Waals surface area contributed by atoms with Gasteiger partial charge in [0, 0.05) is 6.42 Å². The van der Waals surface area contributed by atoms with Crippen LogP contribution in [0.15, 0.2) is 59.1 Å². The summed E-state index contributed by atoms with van der Waals surface area (Å²) in [5.41, 5.74) is 1.88. The van der Waals surface area contributed by atoms with Crippen LogP contribution in [0.25, 0.3) is 11.4 Å². The normalized spacial score (nSPS) is 13.0. The number of carbonyl (C=O) groups is 1. The molecule has 6 nitrogen and oxygen atoms in total. The molecule has 0 saturated heterocycles. The highest BCUT2D eigenvalue weighted by atomic mass is 16.5. The standard InChI is InChI=1S/C21H23N3O3/c1-14(16-9-5-4-6-10-16)13-19(25)22-15(2)21-23-20(24-27-21)17-11-7-8-12-18(17)26-3/h4-12,14-15H,13H2,1-3H3,(H,22,25)/t14-,15+/m0/s1. The lowest BCUT2D eigenvalue weighted by Crippen LogP contribution is -2.27. The summed E-state index contributed by atoms with van der Waals surface area (Å²) >= 11 is 0. The average Bonchev–Trinajstić information content (AvgIpc) is 3.18. The zero-order valence-corrected chi connectivity index (χ0v) is 15.7. The molecule has 0 aliphatic rings. The Morgan fingerprint density at radius 3 is 2.56 bits per heavy atom. The maximum absolute atomic E-state index is 12.4. The monoisotopic (exact) mass is 365 g/mol. The highest BCUT2D eigenvalue weighted by molar-refractivity contribution is 5.77. The second-order valence-corrected chi connectivity index (χ2v) is 6.46. The molecular formula is C21H23N3O3. The molecule has 2 aromatic carbocycles. The minimum absolute atomic E-state index is 0.0594. The van der Waals surface area contributed by atoms with Crippen molar-refractivity contribution in [3.8, 4) is 17.1 Å². The lowest BCUT2D eigenvalue weighted by molar-refractivity contribution is -0.122. The van der Waals surface area contributed by atoms with E-state index in [2.05, 4.69) is 15.5 Å². The van der Waals surface area contributed by atoms with E-state index in [1.165, 1.54) is 0 Å². The summed E-state index contributed by atoms with van der Waals surface area (Å²) in [6, 6.07) is 17.0. The SMILES string of the molecule is COc1ccccc1-c1noc([C@@H](C)NC(=O)C[C@H](C)c2ccccc2)n1. The number of aromatic nitrogens is 2. The molecule has 1 N–H and O–H groups in total. The number of hydrogen-bond acceptors (Lipinski definition) is 5. The number of hydrogen-bond donors (Lipinski definition) is 1. The lowest BCUT2D eigenvalue weighted by atomic mass is 9.97. The first kappa shape index (κ1) is 18.6. The molecular weight excluding hydrogens is 342 g/mol. The lowest BCUT2D eigenvalue weighted by Gasteiger charge is -2.14. The molecule has 0 spiro atoms. The van der Waals surface area contributed by atoms with E-state index in [1.807, 2.05) is 68.4 Å². The summed E-state index contributed by atoms with van der Waals surface area (Å²) in [6.07, 6.45) is 0.391. The third kappa shape index (κ3) is 4.53. The summed E-state index contributed by atoms with van der Waals surface area (Å²) in [5, 5.41) is 6.94. The minimum Gasteiger partial charge on any atom is -0.496 e. The molecule has 2 atom stereocenters. The zero-order valence-electron chi connectivity index (χ0n) is 15.7. The number of rotatable bonds is 7. The summed E-state index contributed by atoms with van der Waals surface area (Å²) in [4.78, 5) is 16.8. The molecule has 0 fully saturated rings. The van der Waals surface area contributed by atoms with Crippen molar-refractivity contribution in [1.82, 2.24) is 15.5 Å². The van der Waals surface area contributed by atoms with Gasteiger partial charge in [0.05, 0.1) is 12.7 Å². The molecule has 0 aliphatic carbocycles. The number of para-hydroxylation sites is 1. The Bertz CT molecular complexity index is 892. The molecule has 0 radical (unpaired) electrons. The number of ether oxygens (including phenoxy) is 1. The maximum Gasteiger partial charge on any atom is 0.249 e. The van der Waals surface area contributed by atoms with Crippen LogP contribution in [-0.4, -0.2) is 23.2 Å². The van der Waals surface area contributed by atoms with Crippen LogP contribution >= 0.6 is 0 Å². The molecule has 27 heavy (non-hydrogen) atoms. The Kier molecular flexibility index (Phi) is 5.86. The van der Waals surface area contributed by atoms with Gasteiger partial charge in [0.1, 0.15) is 11.8 Å². The van der Waals surface area contributed by atoms with Crippen LogP contribution < -0.4 is 10.1 Å². The van der Waals surface area contributed by atoms with Crippen LogP contribution in [0.1, 0.15) is 43.7 Å². The van der Waals surface area contributed by atoms with Crippen LogP contribution in [0.2, 0.25) is 0 Å². The van der Waals surface area contributed by atoms with E-state index in [0.717, 1.165) is 11.1 Å². The molecule has 0 saturated carbocycles. The van der Waals surface area contributed by atoms with Crippen LogP contribution in [0.3, 0.4) is 0 Å². The first-order chi connectivity index (χ1) is 13.1. The Balaban J connectivity index is 1.64. The largest absolute Gasteiger partial charge is 0.496 e. The van der Waals surface area contributed by atoms with Gasteiger partial charge >= 0.3 is 0 Å². The van der Waals surface area contributed by atoms with Crippen molar-refractivity contribution in [2.45, 2.75) is 32.2 Å². The van der Waals surface area contributed by atoms with E-state index in [1.54, 1.807) is 7.11 Å². The first-order valence-electron chi connectivity index (χ1n) is 8.89. The molecule has 1 amide bonds. The van der Waals surface area contributed by atoms with Gasteiger partial charge in [0.25, 0.3) is 0 Å². The van der Waals surface area contributed by atoms with E-state index in [9.17, 15) is 4.79 Å². The van der Waals surface area contributed by atoms with Gasteiger partial charge < -0.3 is 14.6 Å². The summed E-state index contributed by atoms with van der Waals surface area (Å²) < 4.78 is 10.7. The predicted molar refractivity (Wildman–Crippen MR) is 102 cm³/mol. The number of benzene rings is 2. The zero-order chi connectivity index (χ0) is 19.2. The Morgan fingerprint density at radius 1 is 1.11 bits per heavy atom.